The minimum Gasteiger partial charge on any atom is -0.454 e. The summed E-state index contributed by atoms with van der Waals surface area (Å²) >= 11 is 1.31. The van der Waals surface area contributed by atoms with Gasteiger partial charge in [-0.15, -0.1) is 11.3 Å². The summed E-state index contributed by atoms with van der Waals surface area (Å²) in [5, 5.41) is 13.9. The molecule has 0 saturated heterocycles. The monoisotopic (exact) mass is 315 g/mol. The molecule has 0 bridgehead atoms. The molecule has 0 spiro atoms. The van der Waals surface area contributed by atoms with Crippen molar-refractivity contribution in [2.24, 2.45) is 5.41 Å². The molecule has 0 unspecified atom stereocenters. The predicted octanol–water partition coefficient (Wildman–Crippen LogP) is 3.03. The van der Waals surface area contributed by atoms with Gasteiger partial charge in [-0.1, -0.05) is 0 Å². The van der Waals surface area contributed by atoms with E-state index < -0.39 is 5.41 Å². The fraction of sp³-hybridized carbons (Fsp3) is 0.267. The Morgan fingerprint density at radius 3 is 2.95 bits per heavy atom. The molecule has 0 saturated carbocycles. The Labute approximate surface area is 131 Å². The predicted molar refractivity (Wildman–Crippen MR) is 81.7 cm³/mol. The zero-order valence-corrected chi connectivity index (χ0v) is 12.9. The molecule has 0 fully saturated rings. The zero-order chi connectivity index (χ0) is 15.7. The molecule has 6 nitrogen and oxygen atoms in total. The molecule has 3 rings (SSSR count). The molecule has 2 aromatic rings. The Kier molecular flexibility index (Phi) is 3.47. The maximum absolute atomic E-state index is 12.0. The molecule has 0 radical (unpaired) electrons. The Morgan fingerprint density at radius 2 is 2.18 bits per heavy atom. The van der Waals surface area contributed by atoms with E-state index in [9.17, 15) is 4.79 Å². The molecule has 0 atom stereocenters. The van der Waals surface area contributed by atoms with Crippen molar-refractivity contribution in [2.45, 2.75) is 13.8 Å². The molecule has 1 aromatic heterocycles. The molecule has 0 aliphatic carbocycles. The van der Waals surface area contributed by atoms with Crippen molar-refractivity contribution in [2.75, 3.05) is 12.1 Å². The fourth-order valence-electron chi connectivity index (χ4n) is 1.82. The summed E-state index contributed by atoms with van der Waals surface area (Å²) in [6, 6.07) is 7.52. The van der Waals surface area contributed by atoms with Crippen molar-refractivity contribution in [3.05, 3.63) is 23.6 Å². The molecule has 2 heterocycles. The van der Waals surface area contributed by atoms with E-state index in [1.807, 2.05) is 29.6 Å². The lowest BCUT2D eigenvalue weighted by molar-refractivity contribution is -0.121. The van der Waals surface area contributed by atoms with Crippen molar-refractivity contribution in [3.63, 3.8) is 0 Å². The molecular formula is C15H13N3O3S. The van der Waals surface area contributed by atoms with E-state index in [4.69, 9.17) is 14.7 Å². The van der Waals surface area contributed by atoms with Crippen LogP contribution >= 0.6 is 11.3 Å². The van der Waals surface area contributed by atoms with Crippen molar-refractivity contribution >= 4 is 22.4 Å². The quantitative estimate of drug-likeness (QED) is 0.941. The average molecular weight is 315 g/mol. The molecule has 1 aromatic carbocycles. The third-order valence-electron chi connectivity index (χ3n) is 3.24. The van der Waals surface area contributed by atoms with Gasteiger partial charge in [-0.3, -0.25) is 4.79 Å². The highest BCUT2D eigenvalue weighted by Gasteiger charge is 2.28. The van der Waals surface area contributed by atoms with Crippen LogP contribution in [0, 0.1) is 16.7 Å². The van der Waals surface area contributed by atoms with Crippen molar-refractivity contribution in [3.8, 4) is 28.8 Å². The van der Waals surface area contributed by atoms with Gasteiger partial charge in [0.25, 0.3) is 0 Å². The first-order valence-corrected chi connectivity index (χ1v) is 7.46. The topological polar surface area (TPSA) is 84.2 Å². The van der Waals surface area contributed by atoms with Crippen LogP contribution in [0.3, 0.4) is 0 Å². The molecule has 112 valence electrons. The summed E-state index contributed by atoms with van der Waals surface area (Å²) in [4.78, 5) is 16.3. The van der Waals surface area contributed by atoms with Crippen LogP contribution in [-0.2, 0) is 4.79 Å². The van der Waals surface area contributed by atoms with E-state index in [2.05, 4.69) is 10.3 Å². The number of hydrogen-bond acceptors (Lipinski definition) is 6. The Bertz CT molecular complexity index is 777. The number of carbonyl (C=O) groups excluding carboxylic acids is 1. The van der Waals surface area contributed by atoms with E-state index >= 15 is 0 Å². The lowest BCUT2D eigenvalue weighted by Gasteiger charge is -2.12. The van der Waals surface area contributed by atoms with Gasteiger partial charge in [0.15, 0.2) is 16.6 Å². The molecule has 22 heavy (non-hydrogen) atoms. The molecule has 1 amide bonds. The second-order valence-corrected chi connectivity index (χ2v) is 6.15. The SMILES string of the molecule is CC(C)(C#N)C(=O)Nc1nc(-c2ccc3c(c2)OCO3)cs1. The van der Waals surface area contributed by atoms with Crippen LogP contribution < -0.4 is 14.8 Å². The lowest BCUT2D eigenvalue weighted by Crippen LogP contribution is -2.29. The number of nitrogens with zero attached hydrogens (tertiary/aromatic N) is 2. The summed E-state index contributed by atoms with van der Waals surface area (Å²) < 4.78 is 10.6. The Balaban J connectivity index is 1.80. The van der Waals surface area contributed by atoms with Gasteiger partial charge < -0.3 is 14.8 Å². The number of nitriles is 1. The maximum atomic E-state index is 12.0. The first kappa shape index (κ1) is 14.4. The number of anilines is 1. The fourth-order valence-corrected chi connectivity index (χ4v) is 2.54. The first-order chi connectivity index (χ1) is 10.5. The van der Waals surface area contributed by atoms with Gasteiger partial charge >= 0.3 is 0 Å². The van der Waals surface area contributed by atoms with E-state index in [0.29, 0.717) is 16.6 Å². The second-order valence-electron chi connectivity index (χ2n) is 5.30. The van der Waals surface area contributed by atoms with E-state index in [0.717, 1.165) is 11.3 Å². The number of thiazole rings is 1. The number of nitrogens with one attached hydrogen (secondary N) is 1. The number of carbonyl (C=O) groups is 1. The molecule has 1 aliphatic heterocycles. The van der Waals surface area contributed by atoms with Crippen LogP contribution in [0.15, 0.2) is 23.6 Å². The number of amides is 1. The van der Waals surface area contributed by atoms with Gasteiger partial charge in [0.05, 0.1) is 11.8 Å². The highest BCUT2D eigenvalue weighted by atomic mass is 32.1. The van der Waals surface area contributed by atoms with Crippen LogP contribution in [0.4, 0.5) is 5.13 Å². The minimum absolute atomic E-state index is 0.223. The van der Waals surface area contributed by atoms with E-state index in [1.54, 1.807) is 13.8 Å². The Morgan fingerprint density at radius 1 is 1.41 bits per heavy atom. The van der Waals surface area contributed by atoms with Crippen molar-refractivity contribution in [1.29, 1.82) is 5.26 Å². The van der Waals surface area contributed by atoms with Crippen LogP contribution in [0.2, 0.25) is 0 Å². The van der Waals surface area contributed by atoms with Gasteiger partial charge in [-0.05, 0) is 32.0 Å². The lowest BCUT2D eigenvalue weighted by atomic mass is 9.95. The third-order valence-corrected chi connectivity index (χ3v) is 4.00. The molecule has 1 aliphatic rings. The van der Waals surface area contributed by atoms with Crippen molar-refractivity contribution in [1.82, 2.24) is 4.98 Å². The molecular weight excluding hydrogens is 302 g/mol. The van der Waals surface area contributed by atoms with E-state index in [1.165, 1.54) is 11.3 Å². The van der Waals surface area contributed by atoms with Gasteiger partial charge in [0, 0.05) is 10.9 Å². The smallest absolute Gasteiger partial charge is 0.246 e. The summed E-state index contributed by atoms with van der Waals surface area (Å²) in [6.07, 6.45) is 0. The molecule has 1 N–H and O–H groups in total. The number of ether oxygens (including phenoxy) is 2. The van der Waals surface area contributed by atoms with Crippen LogP contribution in [-0.4, -0.2) is 17.7 Å². The number of fused-ring (bicyclic) bond motifs is 1. The third kappa shape index (κ3) is 2.61. The van der Waals surface area contributed by atoms with Gasteiger partial charge in [0.2, 0.25) is 12.7 Å². The standard InChI is InChI=1S/C15H13N3O3S/c1-15(2,7-16)13(19)18-14-17-10(6-22-14)9-3-4-11-12(5-9)21-8-20-11/h3-6H,8H2,1-2H3,(H,17,18,19). The van der Waals surface area contributed by atoms with Gasteiger partial charge in [-0.25, -0.2) is 4.98 Å². The minimum atomic E-state index is -1.09. The highest BCUT2D eigenvalue weighted by Crippen LogP contribution is 2.36. The van der Waals surface area contributed by atoms with Crippen LogP contribution in [0.5, 0.6) is 11.5 Å². The molecule has 7 heteroatoms. The van der Waals surface area contributed by atoms with Crippen molar-refractivity contribution < 1.29 is 14.3 Å². The summed E-state index contributed by atoms with van der Waals surface area (Å²) in [6.45, 7) is 3.35. The Hall–Kier alpha value is -2.59. The second kappa shape index (κ2) is 5.31. The largest absolute Gasteiger partial charge is 0.454 e. The normalized spacial score (nSPS) is 12.8. The summed E-state index contributed by atoms with van der Waals surface area (Å²) in [5.74, 6) is 1.02. The average Bonchev–Trinajstić information content (AvgIpc) is 3.14. The first-order valence-electron chi connectivity index (χ1n) is 6.58. The van der Waals surface area contributed by atoms with Gasteiger partial charge in [0.1, 0.15) is 5.41 Å². The highest BCUT2D eigenvalue weighted by molar-refractivity contribution is 7.14. The van der Waals surface area contributed by atoms with E-state index in [-0.39, 0.29) is 12.7 Å². The maximum Gasteiger partial charge on any atom is 0.246 e. The number of rotatable bonds is 3. The van der Waals surface area contributed by atoms with Crippen LogP contribution in [0.1, 0.15) is 13.8 Å². The number of benzene rings is 1. The number of aromatic nitrogens is 1. The summed E-state index contributed by atoms with van der Waals surface area (Å²) in [7, 11) is 0. The zero-order valence-electron chi connectivity index (χ0n) is 12.0. The van der Waals surface area contributed by atoms with Gasteiger partial charge in [-0.2, -0.15) is 5.26 Å². The van der Waals surface area contributed by atoms with Crippen LogP contribution in [0.25, 0.3) is 11.3 Å². The number of hydrogen-bond donors (Lipinski definition) is 1. The summed E-state index contributed by atoms with van der Waals surface area (Å²) in [5.41, 5.74) is 0.513.